The van der Waals surface area contributed by atoms with Gasteiger partial charge in [-0.25, -0.2) is 4.98 Å². The second-order valence-corrected chi connectivity index (χ2v) is 10.9. The minimum atomic E-state index is -0.169. The number of aromatic nitrogens is 2. The van der Waals surface area contributed by atoms with Crippen LogP contribution in [0.15, 0.2) is 79.5 Å². The minimum Gasteiger partial charge on any atom is -0.493 e. The van der Waals surface area contributed by atoms with Gasteiger partial charge in [0.05, 0.1) is 28.7 Å². The lowest BCUT2D eigenvalue weighted by Crippen LogP contribution is -2.25. The summed E-state index contributed by atoms with van der Waals surface area (Å²) in [6, 6.07) is 19.3. The third kappa shape index (κ3) is 5.80. The molecule has 6 nitrogen and oxygen atoms in total. The van der Waals surface area contributed by atoms with Crippen LogP contribution in [0, 0.1) is 0 Å². The average Bonchev–Trinajstić information content (AvgIpc) is 2.93. The van der Waals surface area contributed by atoms with Crippen LogP contribution in [0.2, 0.25) is 0 Å². The number of benzene rings is 3. The van der Waals surface area contributed by atoms with Crippen molar-refractivity contribution >= 4 is 49.0 Å². The van der Waals surface area contributed by atoms with Crippen LogP contribution in [0.1, 0.15) is 55.0 Å². The van der Waals surface area contributed by atoms with Crippen molar-refractivity contribution in [2.75, 3.05) is 7.11 Å². The Bertz CT molecular complexity index is 1500. The molecular weight excluding hydrogens is 598 g/mol. The molecule has 3 aromatic carbocycles. The standard InChI is InChI=1S/C29H27Br2N3O3/c1-36-26-15-20(14-24(31)27(26)37-18-19-8-4-2-5-9-19)17-32-34-28(21-10-6-3-7-11-21)33-25-13-12-22(30)16-23(25)29(34)35/h2,4-5,8-9,12-17,21H,3,6-7,10-11,18H2,1H3. The molecule has 1 aliphatic rings. The summed E-state index contributed by atoms with van der Waals surface area (Å²) in [7, 11) is 1.61. The quantitative estimate of drug-likeness (QED) is 0.200. The molecular formula is C29H27Br2N3O3. The number of fused-ring (bicyclic) bond motifs is 1. The maximum Gasteiger partial charge on any atom is 0.282 e. The van der Waals surface area contributed by atoms with Crippen molar-refractivity contribution in [1.82, 2.24) is 9.66 Å². The van der Waals surface area contributed by atoms with Gasteiger partial charge in [-0.15, -0.1) is 0 Å². The summed E-state index contributed by atoms with van der Waals surface area (Å²) in [5.74, 6) is 2.12. The lowest BCUT2D eigenvalue weighted by atomic mass is 9.88. The lowest BCUT2D eigenvalue weighted by molar-refractivity contribution is 0.282. The van der Waals surface area contributed by atoms with Gasteiger partial charge in [0.15, 0.2) is 11.5 Å². The van der Waals surface area contributed by atoms with Crippen molar-refractivity contribution < 1.29 is 9.47 Å². The highest BCUT2D eigenvalue weighted by Gasteiger charge is 2.22. The lowest BCUT2D eigenvalue weighted by Gasteiger charge is -2.22. The predicted octanol–water partition coefficient (Wildman–Crippen LogP) is 7.44. The number of hydrogen-bond donors (Lipinski definition) is 0. The Hall–Kier alpha value is -2.97. The highest BCUT2D eigenvalue weighted by Crippen LogP contribution is 2.37. The van der Waals surface area contributed by atoms with E-state index in [-0.39, 0.29) is 11.5 Å². The van der Waals surface area contributed by atoms with Gasteiger partial charge in [0.25, 0.3) is 5.56 Å². The fraction of sp³-hybridized carbons (Fsp3) is 0.276. The van der Waals surface area contributed by atoms with Crippen LogP contribution in [0.25, 0.3) is 10.9 Å². The van der Waals surface area contributed by atoms with E-state index in [1.165, 1.54) is 11.1 Å². The number of rotatable bonds is 7. The van der Waals surface area contributed by atoms with Gasteiger partial charge in [-0.05, 0) is 70.2 Å². The first-order valence-electron chi connectivity index (χ1n) is 12.3. The van der Waals surface area contributed by atoms with Gasteiger partial charge in [0.1, 0.15) is 12.4 Å². The van der Waals surface area contributed by atoms with E-state index in [0.29, 0.717) is 29.0 Å². The first-order chi connectivity index (χ1) is 18.0. The zero-order valence-electron chi connectivity index (χ0n) is 20.5. The molecule has 0 bridgehead atoms. The molecule has 0 N–H and O–H groups in total. The van der Waals surface area contributed by atoms with Crippen LogP contribution in [-0.2, 0) is 6.61 Å². The predicted molar refractivity (Wildman–Crippen MR) is 154 cm³/mol. The summed E-state index contributed by atoms with van der Waals surface area (Å²) in [5.41, 5.74) is 2.36. The van der Waals surface area contributed by atoms with Crippen LogP contribution in [-0.4, -0.2) is 23.0 Å². The Labute approximate surface area is 232 Å². The largest absolute Gasteiger partial charge is 0.493 e. The molecule has 0 spiro atoms. The Morgan fingerprint density at radius 3 is 2.59 bits per heavy atom. The van der Waals surface area contributed by atoms with Gasteiger partial charge in [0, 0.05) is 10.4 Å². The zero-order valence-corrected chi connectivity index (χ0v) is 23.7. The Morgan fingerprint density at radius 2 is 1.84 bits per heavy atom. The molecule has 1 heterocycles. The van der Waals surface area contributed by atoms with Crippen LogP contribution in [0.4, 0.5) is 0 Å². The molecule has 4 aromatic rings. The second kappa shape index (κ2) is 11.6. The topological polar surface area (TPSA) is 65.7 Å². The summed E-state index contributed by atoms with van der Waals surface area (Å²) in [4.78, 5) is 18.5. The molecule has 1 fully saturated rings. The fourth-order valence-corrected chi connectivity index (χ4v) is 5.65. The summed E-state index contributed by atoms with van der Waals surface area (Å²) in [6.07, 6.45) is 7.19. The van der Waals surface area contributed by atoms with Crippen LogP contribution in [0.5, 0.6) is 11.5 Å². The van der Waals surface area contributed by atoms with Gasteiger partial charge in [0.2, 0.25) is 0 Å². The van der Waals surface area contributed by atoms with Crippen molar-refractivity contribution in [1.29, 1.82) is 0 Å². The van der Waals surface area contributed by atoms with E-state index in [0.717, 1.165) is 51.6 Å². The van der Waals surface area contributed by atoms with Gasteiger partial charge in [-0.1, -0.05) is 65.5 Å². The van der Waals surface area contributed by atoms with E-state index in [1.807, 2.05) is 54.6 Å². The monoisotopic (exact) mass is 623 g/mol. The number of hydrogen-bond acceptors (Lipinski definition) is 5. The Kier molecular flexibility index (Phi) is 8.05. The van der Waals surface area contributed by atoms with E-state index >= 15 is 0 Å². The molecule has 190 valence electrons. The average molecular weight is 625 g/mol. The first-order valence-corrected chi connectivity index (χ1v) is 13.9. The molecule has 1 aliphatic carbocycles. The van der Waals surface area contributed by atoms with Gasteiger partial charge in [-0.2, -0.15) is 9.78 Å². The molecule has 8 heteroatoms. The molecule has 1 aromatic heterocycles. The highest BCUT2D eigenvalue weighted by atomic mass is 79.9. The zero-order chi connectivity index (χ0) is 25.8. The van der Waals surface area contributed by atoms with E-state index in [2.05, 4.69) is 37.0 Å². The van der Waals surface area contributed by atoms with Crippen molar-refractivity contribution in [2.24, 2.45) is 5.10 Å². The van der Waals surface area contributed by atoms with Crippen LogP contribution in [0.3, 0.4) is 0 Å². The first kappa shape index (κ1) is 25.7. The summed E-state index contributed by atoms with van der Waals surface area (Å²) >= 11 is 7.09. The Morgan fingerprint density at radius 1 is 1.05 bits per heavy atom. The van der Waals surface area contributed by atoms with E-state index in [1.54, 1.807) is 19.4 Å². The minimum absolute atomic E-state index is 0.169. The maximum atomic E-state index is 13.6. The molecule has 0 radical (unpaired) electrons. The summed E-state index contributed by atoms with van der Waals surface area (Å²) in [5, 5.41) is 5.19. The number of methoxy groups -OCH3 is 1. The van der Waals surface area contributed by atoms with Crippen LogP contribution >= 0.6 is 31.9 Å². The molecule has 0 amide bonds. The molecule has 1 saturated carbocycles. The fourth-order valence-electron chi connectivity index (χ4n) is 4.71. The molecule has 0 aliphatic heterocycles. The third-order valence-corrected chi connectivity index (χ3v) is 7.69. The Balaban J connectivity index is 1.51. The highest BCUT2D eigenvalue weighted by molar-refractivity contribution is 9.10. The van der Waals surface area contributed by atoms with Gasteiger partial charge < -0.3 is 9.47 Å². The SMILES string of the molecule is COc1cc(C=Nn2c(C3CCCCC3)nc3ccc(Br)cc3c2=O)cc(Br)c1OCc1ccccc1. The molecule has 5 rings (SSSR count). The third-order valence-electron chi connectivity index (χ3n) is 6.60. The summed E-state index contributed by atoms with van der Waals surface area (Å²) < 4.78 is 14.7. The molecule has 37 heavy (non-hydrogen) atoms. The van der Waals surface area contributed by atoms with Crippen molar-refractivity contribution in [3.63, 3.8) is 0 Å². The van der Waals surface area contributed by atoms with Crippen molar-refractivity contribution in [2.45, 2.75) is 44.6 Å². The molecule has 0 saturated heterocycles. The van der Waals surface area contributed by atoms with Crippen molar-refractivity contribution in [3.05, 3.63) is 96.9 Å². The van der Waals surface area contributed by atoms with Gasteiger partial charge in [-0.3, -0.25) is 4.79 Å². The van der Waals surface area contributed by atoms with E-state index in [9.17, 15) is 4.79 Å². The van der Waals surface area contributed by atoms with Gasteiger partial charge >= 0.3 is 0 Å². The smallest absolute Gasteiger partial charge is 0.282 e. The number of halogens is 2. The summed E-state index contributed by atoms with van der Waals surface area (Å²) in [6.45, 7) is 0.418. The second-order valence-electron chi connectivity index (χ2n) is 9.14. The van der Waals surface area contributed by atoms with Crippen LogP contribution < -0.4 is 15.0 Å². The molecule has 0 atom stereocenters. The maximum absolute atomic E-state index is 13.6. The van der Waals surface area contributed by atoms with Crippen molar-refractivity contribution in [3.8, 4) is 11.5 Å². The molecule has 0 unspecified atom stereocenters. The van der Waals surface area contributed by atoms with E-state index in [4.69, 9.17) is 14.5 Å². The normalized spacial score (nSPS) is 14.4. The number of ether oxygens (including phenoxy) is 2. The number of nitrogens with zero attached hydrogens (tertiary/aromatic N) is 3. The van der Waals surface area contributed by atoms with E-state index < -0.39 is 0 Å².